The van der Waals surface area contributed by atoms with Gasteiger partial charge in [-0.15, -0.1) is 0 Å². The first kappa shape index (κ1) is 23.4. The molecule has 34 heavy (non-hydrogen) atoms. The van der Waals surface area contributed by atoms with Crippen LogP contribution in [0.1, 0.15) is 45.0 Å². The van der Waals surface area contributed by atoms with Crippen molar-refractivity contribution in [2.24, 2.45) is 0 Å². The Kier molecular flexibility index (Phi) is 6.35. The lowest BCUT2D eigenvalue weighted by atomic mass is 9.84. The fraction of sp³-hybridized carbons (Fsp3) is 0.250. The van der Waals surface area contributed by atoms with E-state index in [0.717, 1.165) is 22.4 Å². The van der Waals surface area contributed by atoms with Crippen molar-refractivity contribution in [3.05, 3.63) is 88.2 Å². The summed E-state index contributed by atoms with van der Waals surface area (Å²) in [6, 6.07) is 18.3. The number of aliphatic hydroxyl groups is 1. The van der Waals surface area contributed by atoms with Crippen molar-refractivity contribution < 1.29 is 14.9 Å². The zero-order chi connectivity index (χ0) is 24.5. The van der Waals surface area contributed by atoms with Crippen molar-refractivity contribution in [2.45, 2.75) is 39.3 Å². The fourth-order valence-corrected chi connectivity index (χ4v) is 4.08. The number of anilines is 1. The van der Waals surface area contributed by atoms with Gasteiger partial charge in [0.1, 0.15) is 11.5 Å². The van der Waals surface area contributed by atoms with E-state index in [0.29, 0.717) is 23.2 Å². The number of pyridine rings is 1. The van der Waals surface area contributed by atoms with Crippen LogP contribution in [0.15, 0.2) is 71.7 Å². The number of phenolic OH excluding ortho intramolecular Hbond substituents is 1. The number of fused-ring (bicyclic) bond motifs is 1. The first-order valence-electron chi connectivity index (χ1n) is 11.3. The van der Waals surface area contributed by atoms with E-state index in [2.05, 4.69) is 10.3 Å². The normalized spacial score (nSPS) is 12.5. The number of nitrogens with one attached hydrogen (secondary N) is 2. The number of aliphatic hydroxyl groups excluding tert-OH is 1. The Morgan fingerprint density at radius 1 is 1.06 bits per heavy atom. The first-order chi connectivity index (χ1) is 16.2. The summed E-state index contributed by atoms with van der Waals surface area (Å²) < 4.78 is 5.67. The van der Waals surface area contributed by atoms with Crippen LogP contribution in [0.3, 0.4) is 0 Å². The second-order valence-corrected chi connectivity index (χ2v) is 9.29. The number of phenols is 1. The Morgan fingerprint density at radius 3 is 2.56 bits per heavy atom. The summed E-state index contributed by atoms with van der Waals surface area (Å²) in [5, 5.41) is 25.3. The molecule has 0 bridgehead atoms. The summed E-state index contributed by atoms with van der Waals surface area (Å²) in [4.78, 5) is 16.1. The quantitative estimate of drug-likeness (QED) is 0.278. The van der Waals surface area contributed by atoms with Gasteiger partial charge in [0.25, 0.3) is 0 Å². The predicted molar refractivity (Wildman–Crippen MR) is 137 cm³/mol. The molecule has 0 radical (unpaired) electrons. The molecule has 0 aliphatic carbocycles. The lowest BCUT2D eigenvalue weighted by Crippen LogP contribution is -2.20. The number of H-pyrrole nitrogens is 1. The molecule has 1 aromatic heterocycles. The number of rotatable bonds is 6. The van der Waals surface area contributed by atoms with Gasteiger partial charge in [-0.05, 0) is 53.8 Å². The largest absolute Gasteiger partial charge is 0.508 e. The molecule has 1 unspecified atom stereocenters. The van der Waals surface area contributed by atoms with Crippen LogP contribution < -0.4 is 15.5 Å². The molecule has 4 aromatic rings. The van der Waals surface area contributed by atoms with Gasteiger partial charge in [0.2, 0.25) is 0 Å². The summed E-state index contributed by atoms with van der Waals surface area (Å²) >= 11 is 0. The highest BCUT2D eigenvalue weighted by atomic mass is 16.5. The molecule has 0 aliphatic heterocycles. The number of hydrogen-bond donors (Lipinski definition) is 4. The molecular weight excluding hydrogens is 428 g/mol. The molecular formula is C28H30N2O4. The molecule has 3 aromatic carbocycles. The molecule has 6 heteroatoms. The number of para-hydroxylation sites is 1. The molecule has 0 spiro atoms. The maximum Gasteiger partial charge on any atom is 0.197 e. The van der Waals surface area contributed by atoms with Crippen molar-refractivity contribution in [3.8, 4) is 22.6 Å². The predicted octanol–water partition coefficient (Wildman–Crippen LogP) is 5.70. The Hall–Kier alpha value is -3.77. The topological polar surface area (TPSA) is 94.6 Å². The van der Waals surface area contributed by atoms with Gasteiger partial charge in [-0.1, -0.05) is 45.0 Å². The number of ether oxygens (including phenoxy) is 1. The molecule has 4 rings (SSSR count). The molecule has 0 saturated carbocycles. The third-order valence-electron chi connectivity index (χ3n) is 5.80. The Labute approximate surface area is 198 Å². The maximum atomic E-state index is 13.0. The van der Waals surface area contributed by atoms with Crippen LogP contribution in [0.2, 0.25) is 0 Å². The van der Waals surface area contributed by atoms with Gasteiger partial charge < -0.3 is 25.3 Å². The maximum absolute atomic E-state index is 13.0. The molecule has 0 aliphatic rings. The molecule has 0 saturated heterocycles. The summed E-state index contributed by atoms with van der Waals surface area (Å²) in [5.74, 6) is 0.835. The fourth-order valence-electron chi connectivity index (χ4n) is 4.08. The summed E-state index contributed by atoms with van der Waals surface area (Å²) in [7, 11) is 0. The van der Waals surface area contributed by atoms with E-state index in [1.54, 1.807) is 18.2 Å². The van der Waals surface area contributed by atoms with E-state index in [4.69, 9.17) is 4.74 Å². The van der Waals surface area contributed by atoms with Crippen LogP contribution in [0.4, 0.5) is 5.69 Å². The van der Waals surface area contributed by atoms with Crippen LogP contribution >= 0.6 is 0 Å². The van der Waals surface area contributed by atoms with E-state index in [-0.39, 0.29) is 22.2 Å². The summed E-state index contributed by atoms with van der Waals surface area (Å²) in [5.41, 5.74) is 3.23. The van der Waals surface area contributed by atoms with Crippen molar-refractivity contribution in [1.29, 1.82) is 0 Å². The SMILES string of the molecule is CCOc1cccc(-c2cc(C(C)(C)C)c(O)cc2NC(O)c2c[nH]c3ccccc3c2=O)c1. The highest BCUT2D eigenvalue weighted by molar-refractivity contribution is 5.82. The average Bonchev–Trinajstić information content (AvgIpc) is 2.79. The lowest BCUT2D eigenvalue weighted by molar-refractivity contribution is 0.207. The highest BCUT2D eigenvalue weighted by Gasteiger charge is 2.23. The van der Waals surface area contributed by atoms with E-state index >= 15 is 0 Å². The number of aromatic nitrogens is 1. The monoisotopic (exact) mass is 458 g/mol. The van der Waals surface area contributed by atoms with Gasteiger partial charge in [-0.2, -0.15) is 0 Å². The van der Waals surface area contributed by atoms with Gasteiger partial charge in [-0.3, -0.25) is 4.79 Å². The smallest absolute Gasteiger partial charge is 0.197 e. The molecule has 0 amide bonds. The molecule has 1 heterocycles. The Bertz CT molecular complexity index is 1390. The summed E-state index contributed by atoms with van der Waals surface area (Å²) in [6.07, 6.45) is 0.225. The van der Waals surface area contributed by atoms with Crippen molar-refractivity contribution in [3.63, 3.8) is 0 Å². The molecule has 1 atom stereocenters. The zero-order valence-corrected chi connectivity index (χ0v) is 19.8. The van der Waals surface area contributed by atoms with E-state index in [9.17, 15) is 15.0 Å². The summed E-state index contributed by atoms with van der Waals surface area (Å²) in [6.45, 7) is 8.55. The van der Waals surface area contributed by atoms with Gasteiger partial charge in [0.15, 0.2) is 11.7 Å². The van der Waals surface area contributed by atoms with E-state index in [1.807, 2.05) is 70.2 Å². The minimum atomic E-state index is -1.29. The van der Waals surface area contributed by atoms with E-state index < -0.39 is 6.23 Å². The Balaban J connectivity index is 1.81. The van der Waals surface area contributed by atoms with Crippen LogP contribution in [-0.2, 0) is 5.41 Å². The van der Waals surface area contributed by atoms with Crippen LogP contribution in [0, 0.1) is 0 Å². The average molecular weight is 459 g/mol. The molecule has 176 valence electrons. The van der Waals surface area contributed by atoms with Gasteiger partial charge in [-0.25, -0.2) is 0 Å². The zero-order valence-electron chi connectivity index (χ0n) is 19.8. The number of aromatic hydroxyl groups is 1. The van der Waals surface area contributed by atoms with Crippen molar-refractivity contribution in [1.82, 2.24) is 4.98 Å². The lowest BCUT2D eigenvalue weighted by Gasteiger charge is -2.25. The third kappa shape index (κ3) is 4.63. The second kappa shape index (κ2) is 9.23. The highest BCUT2D eigenvalue weighted by Crippen LogP contribution is 2.40. The van der Waals surface area contributed by atoms with Gasteiger partial charge >= 0.3 is 0 Å². The van der Waals surface area contributed by atoms with Crippen LogP contribution in [0.5, 0.6) is 11.5 Å². The number of benzene rings is 3. The van der Waals surface area contributed by atoms with Crippen LogP contribution in [-0.4, -0.2) is 21.8 Å². The molecule has 6 nitrogen and oxygen atoms in total. The van der Waals surface area contributed by atoms with Gasteiger partial charge in [0, 0.05) is 34.4 Å². The second-order valence-electron chi connectivity index (χ2n) is 9.29. The Morgan fingerprint density at radius 2 is 1.82 bits per heavy atom. The number of hydrogen-bond acceptors (Lipinski definition) is 5. The standard InChI is InChI=1S/C28H30N2O4/c1-5-34-18-10-8-9-17(13-18)20-14-22(28(2,3)4)25(31)15-24(20)30-27(33)21-16-29-23-12-7-6-11-19(23)26(21)32/h6-16,27,30-31,33H,5H2,1-4H3,(H,29,32). The molecule has 4 N–H and O–H groups in total. The van der Waals surface area contributed by atoms with Gasteiger partial charge in [0.05, 0.1) is 12.2 Å². The van der Waals surface area contributed by atoms with Crippen molar-refractivity contribution in [2.75, 3.05) is 11.9 Å². The minimum Gasteiger partial charge on any atom is -0.508 e. The minimum absolute atomic E-state index is 0.110. The number of aromatic amines is 1. The first-order valence-corrected chi connectivity index (χ1v) is 11.3. The third-order valence-corrected chi connectivity index (χ3v) is 5.80. The van der Waals surface area contributed by atoms with Crippen molar-refractivity contribution >= 4 is 16.6 Å². The molecule has 0 fully saturated rings. The van der Waals surface area contributed by atoms with Crippen LogP contribution in [0.25, 0.3) is 22.0 Å². The van der Waals surface area contributed by atoms with E-state index in [1.165, 1.54) is 6.20 Å².